The monoisotopic (exact) mass is 401 g/mol. The van der Waals surface area contributed by atoms with Crippen LogP contribution in [0.1, 0.15) is 38.2 Å². The molecule has 1 aliphatic rings. The lowest BCUT2D eigenvalue weighted by atomic mass is 9.79. The SMILES string of the molecule is CCNC(=NCC1(c2ccccc2)CCCC1)N(C)C.I. The average Bonchev–Trinajstić information content (AvgIpc) is 2.94. The molecule has 21 heavy (non-hydrogen) atoms. The molecule has 1 saturated carbocycles. The molecule has 1 aliphatic carbocycles. The van der Waals surface area contributed by atoms with Gasteiger partial charge in [-0.05, 0) is 25.3 Å². The Kier molecular flexibility index (Phi) is 7.49. The Morgan fingerprint density at radius 2 is 1.81 bits per heavy atom. The van der Waals surface area contributed by atoms with Crippen LogP contribution >= 0.6 is 24.0 Å². The summed E-state index contributed by atoms with van der Waals surface area (Å²) in [5.41, 5.74) is 1.70. The molecule has 0 heterocycles. The summed E-state index contributed by atoms with van der Waals surface area (Å²) in [5.74, 6) is 0.995. The zero-order chi connectivity index (χ0) is 14.4. The van der Waals surface area contributed by atoms with Gasteiger partial charge in [-0.25, -0.2) is 0 Å². The van der Waals surface area contributed by atoms with E-state index in [-0.39, 0.29) is 29.4 Å². The predicted molar refractivity (Wildman–Crippen MR) is 102 cm³/mol. The molecule has 0 bridgehead atoms. The molecular weight excluding hydrogens is 373 g/mol. The molecule has 3 nitrogen and oxygen atoms in total. The van der Waals surface area contributed by atoms with E-state index in [4.69, 9.17) is 4.99 Å². The number of guanidine groups is 1. The smallest absolute Gasteiger partial charge is 0.193 e. The number of nitrogens with zero attached hydrogens (tertiary/aromatic N) is 2. The normalized spacial score (nSPS) is 17.2. The van der Waals surface area contributed by atoms with Crippen LogP contribution < -0.4 is 5.32 Å². The fraction of sp³-hybridized carbons (Fsp3) is 0.588. The van der Waals surface area contributed by atoms with Gasteiger partial charge in [-0.3, -0.25) is 4.99 Å². The van der Waals surface area contributed by atoms with Crippen molar-refractivity contribution in [1.29, 1.82) is 0 Å². The second kappa shape index (κ2) is 8.61. The van der Waals surface area contributed by atoms with Crippen LogP contribution in [-0.4, -0.2) is 38.0 Å². The van der Waals surface area contributed by atoms with Gasteiger partial charge >= 0.3 is 0 Å². The highest BCUT2D eigenvalue weighted by Crippen LogP contribution is 2.41. The molecule has 118 valence electrons. The van der Waals surface area contributed by atoms with Crippen LogP contribution in [0.15, 0.2) is 35.3 Å². The first-order valence-corrected chi connectivity index (χ1v) is 7.69. The minimum Gasteiger partial charge on any atom is -0.357 e. The summed E-state index contributed by atoms with van der Waals surface area (Å²) in [6.07, 6.45) is 5.16. The molecule has 0 radical (unpaired) electrons. The van der Waals surface area contributed by atoms with Gasteiger partial charge in [0.25, 0.3) is 0 Å². The zero-order valence-electron chi connectivity index (χ0n) is 13.4. The molecule has 0 aromatic heterocycles. The van der Waals surface area contributed by atoms with Crippen molar-refractivity contribution < 1.29 is 0 Å². The van der Waals surface area contributed by atoms with Gasteiger partial charge < -0.3 is 10.2 Å². The van der Waals surface area contributed by atoms with E-state index >= 15 is 0 Å². The third kappa shape index (κ3) is 4.59. The molecule has 0 spiro atoms. The molecule has 0 unspecified atom stereocenters. The van der Waals surface area contributed by atoms with Gasteiger partial charge in [-0.2, -0.15) is 0 Å². The Labute approximate surface area is 146 Å². The minimum atomic E-state index is 0. The van der Waals surface area contributed by atoms with E-state index in [1.54, 1.807) is 0 Å². The van der Waals surface area contributed by atoms with Crippen LogP contribution in [0.3, 0.4) is 0 Å². The number of aliphatic imine (C=N–C) groups is 1. The van der Waals surface area contributed by atoms with Crippen molar-refractivity contribution >= 4 is 29.9 Å². The fourth-order valence-electron chi connectivity index (χ4n) is 3.12. The van der Waals surface area contributed by atoms with E-state index in [1.165, 1.54) is 31.2 Å². The first kappa shape index (κ1) is 18.3. The maximum absolute atomic E-state index is 4.87. The number of halogens is 1. The van der Waals surface area contributed by atoms with E-state index in [0.29, 0.717) is 0 Å². The highest BCUT2D eigenvalue weighted by molar-refractivity contribution is 14.0. The van der Waals surface area contributed by atoms with Gasteiger partial charge in [0.1, 0.15) is 0 Å². The van der Waals surface area contributed by atoms with E-state index in [0.717, 1.165) is 19.0 Å². The molecule has 1 fully saturated rings. The van der Waals surface area contributed by atoms with Crippen LogP contribution in [-0.2, 0) is 5.41 Å². The van der Waals surface area contributed by atoms with Gasteiger partial charge in [-0.15, -0.1) is 24.0 Å². The van der Waals surface area contributed by atoms with Gasteiger partial charge in [0.2, 0.25) is 0 Å². The summed E-state index contributed by atoms with van der Waals surface area (Å²) in [7, 11) is 4.09. The Morgan fingerprint density at radius 1 is 1.19 bits per heavy atom. The van der Waals surface area contributed by atoms with Gasteiger partial charge in [-0.1, -0.05) is 43.2 Å². The van der Waals surface area contributed by atoms with E-state index in [2.05, 4.69) is 47.5 Å². The van der Waals surface area contributed by atoms with E-state index in [9.17, 15) is 0 Å². The second-order valence-corrected chi connectivity index (χ2v) is 5.92. The lowest BCUT2D eigenvalue weighted by Gasteiger charge is -2.29. The molecule has 1 aromatic carbocycles. The summed E-state index contributed by atoms with van der Waals surface area (Å²) in [6, 6.07) is 10.9. The molecule has 1 N–H and O–H groups in total. The van der Waals surface area contributed by atoms with Crippen molar-refractivity contribution in [2.75, 3.05) is 27.2 Å². The van der Waals surface area contributed by atoms with Crippen molar-refractivity contribution in [2.24, 2.45) is 4.99 Å². The molecule has 0 atom stereocenters. The minimum absolute atomic E-state index is 0. The summed E-state index contributed by atoms with van der Waals surface area (Å²) in [4.78, 5) is 6.94. The van der Waals surface area contributed by atoms with Crippen molar-refractivity contribution in [1.82, 2.24) is 10.2 Å². The molecule has 0 saturated heterocycles. The number of hydrogen-bond acceptors (Lipinski definition) is 1. The average molecular weight is 401 g/mol. The van der Waals surface area contributed by atoms with Crippen molar-refractivity contribution in [3.8, 4) is 0 Å². The Bertz CT molecular complexity index is 437. The van der Waals surface area contributed by atoms with Crippen molar-refractivity contribution in [3.63, 3.8) is 0 Å². The summed E-state index contributed by atoms with van der Waals surface area (Å²) in [5, 5.41) is 3.35. The second-order valence-electron chi connectivity index (χ2n) is 5.92. The fourth-order valence-corrected chi connectivity index (χ4v) is 3.12. The summed E-state index contributed by atoms with van der Waals surface area (Å²) < 4.78 is 0. The van der Waals surface area contributed by atoms with E-state index < -0.39 is 0 Å². The van der Waals surface area contributed by atoms with Crippen molar-refractivity contribution in [3.05, 3.63) is 35.9 Å². The lowest BCUT2D eigenvalue weighted by molar-refractivity contribution is 0.448. The summed E-state index contributed by atoms with van der Waals surface area (Å²) >= 11 is 0. The molecule has 0 amide bonds. The van der Waals surface area contributed by atoms with E-state index in [1.807, 2.05) is 14.1 Å². The number of rotatable bonds is 4. The zero-order valence-corrected chi connectivity index (χ0v) is 15.8. The van der Waals surface area contributed by atoms with Crippen LogP contribution in [0.5, 0.6) is 0 Å². The Balaban J connectivity index is 0.00000220. The first-order valence-electron chi connectivity index (χ1n) is 7.69. The number of nitrogens with one attached hydrogen (secondary N) is 1. The standard InChI is InChI=1S/C17H27N3.HI/c1-4-18-16(20(2)3)19-14-17(12-8-9-13-17)15-10-6-5-7-11-15;/h5-7,10-11H,4,8-9,12-14H2,1-3H3,(H,18,19);1H. The number of hydrogen-bond donors (Lipinski definition) is 1. The van der Waals surface area contributed by atoms with Crippen LogP contribution in [0.4, 0.5) is 0 Å². The topological polar surface area (TPSA) is 27.6 Å². The third-order valence-electron chi connectivity index (χ3n) is 4.24. The van der Waals surface area contributed by atoms with Crippen LogP contribution in [0.25, 0.3) is 0 Å². The third-order valence-corrected chi connectivity index (χ3v) is 4.24. The van der Waals surface area contributed by atoms with Crippen LogP contribution in [0, 0.1) is 0 Å². The maximum Gasteiger partial charge on any atom is 0.193 e. The van der Waals surface area contributed by atoms with Gasteiger partial charge in [0.05, 0.1) is 6.54 Å². The molecule has 2 rings (SSSR count). The largest absolute Gasteiger partial charge is 0.357 e. The summed E-state index contributed by atoms with van der Waals surface area (Å²) in [6.45, 7) is 3.91. The Morgan fingerprint density at radius 3 is 2.33 bits per heavy atom. The predicted octanol–water partition coefficient (Wildman–Crippen LogP) is 3.64. The van der Waals surface area contributed by atoms with Crippen molar-refractivity contribution in [2.45, 2.75) is 38.0 Å². The molecule has 0 aliphatic heterocycles. The van der Waals surface area contributed by atoms with Gasteiger partial charge in [0.15, 0.2) is 5.96 Å². The highest BCUT2D eigenvalue weighted by atomic mass is 127. The van der Waals surface area contributed by atoms with Gasteiger partial charge in [0, 0.05) is 26.1 Å². The quantitative estimate of drug-likeness (QED) is 0.474. The first-order chi connectivity index (χ1) is 9.68. The maximum atomic E-state index is 4.87. The molecule has 1 aromatic rings. The Hall–Kier alpha value is -0.780. The lowest BCUT2D eigenvalue weighted by Crippen LogP contribution is -2.38. The molecular formula is C17H28IN3. The number of benzene rings is 1. The highest BCUT2D eigenvalue weighted by Gasteiger charge is 2.35. The molecule has 4 heteroatoms. The van der Waals surface area contributed by atoms with Crippen LogP contribution in [0.2, 0.25) is 0 Å².